The summed E-state index contributed by atoms with van der Waals surface area (Å²) in [5.41, 5.74) is 6.09. The number of rotatable bonds is 34. The number of carboxylic acids is 1. The van der Waals surface area contributed by atoms with E-state index in [1.807, 2.05) is 18.2 Å². The van der Waals surface area contributed by atoms with Gasteiger partial charge in [0.05, 0.1) is 12.7 Å². The fraction of sp³-hybridized carbons (Fsp3) is 0.732. The molecule has 0 amide bonds. The Bertz CT molecular complexity index is 996. The molecule has 9 nitrogen and oxygen atoms in total. The summed E-state index contributed by atoms with van der Waals surface area (Å²) in [4.78, 5) is 35.8. The zero-order valence-electron chi connectivity index (χ0n) is 31.9. The molecule has 0 heterocycles. The third kappa shape index (κ3) is 32.0. The number of nitrogens with two attached hydrogens (primary N) is 1. The maximum atomic E-state index is 12.7. The lowest BCUT2D eigenvalue weighted by atomic mass is 10.0. The van der Waals surface area contributed by atoms with Crippen molar-refractivity contribution in [2.75, 3.05) is 19.0 Å². The smallest absolute Gasteiger partial charge is 0.324 e. The first-order valence-electron chi connectivity index (χ1n) is 19.5. The van der Waals surface area contributed by atoms with Crippen LogP contribution in [-0.4, -0.2) is 75.7 Å². The van der Waals surface area contributed by atoms with Crippen molar-refractivity contribution in [2.24, 2.45) is 11.7 Å². The summed E-state index contributed by atoms with van der Waals surface area (Å²) in [5.74, 6) is -1.16. The van der Waals surface area contributed by atoms with Crippen LogP contribution in [0.4, 0.5) is 0 Å². The Kier molecular flexibility index (Phi) is 33.0. The molecule has 294 valence electrons. The molecule has 5 N–H and O–H groups in total. The van der Waals surface area contributed by atoms with E-state index < -0.39 is 42.0 Å². The molecule has 0 aromatic rings. The highest BCUT2D eigenvalue weighted by molar-refractivity contribution is 8.00. The number of carboxylic acid groups (broad SMARTS) is 1. The molecule has 0 spiro atoms. The molecule has 51 heavy (non-hydrogen) atoms. The van der Waals surface area contributed by atoms with Crippen LogP contribution in [0.15, 0.2) is 48.6 Å². The summed E-state index contributed by atoms with van der Waals surface area (Å²) in [6.07, 6.45) is 32.0. The number of aliphatic hydroxyl groups is 2. The Morgan fingerprint density at radius 1 is 0.784 bits per heavy atom. The molecule has 0 bridgehead atoms. The van der Waals surface area contributed by atoms with E-state index in [-0.39, 0.29) is 37.6 Å². The van der Waals surface area contributed by atoms with Crippen LogP contribution in [0, 0.1) is 5.92 Å². The third-order valence-electron chi connectivity index (χ3n) is 8.30. The van der Waals surface area contributed by atoms with Crippen molar-refractivity contribution in [1.29, 1.82) is 0 Å². The molecule has 0 aromatic carbocycles. The second-order valence-corrected chi connectivity index (χ2v) is 14.9. The van der Waals surface area contributed by atoms with Gasteiger partial charge in [-0.1, -0.05) is 140 Å². The molecule has 0 saturated carbocycles. The summed E-state index contributed by atoms with van der Waals surface area (Å²) in [6.45, 7) is 5.96. The van der Waals surface area contributed by atoms with E-state index >= 15 is 0 Å². The highest BCUT2D eigenvalue weighted by atomic mass is 32.2. The van der Waals surface area contributed by atoms with Crippen molar-refractivity contribution < 1.29 is 39.2 Å². The van der Waals surface area contributed by atoms with Gasteiger partial charge < -0.3 is 30.5 Å². The molecular weight excluding hydrogens is 667 g/mol. The van der Waals surface area contributed by atoms with Gasteiger partial charge in [-0.3, -0.25) is 14.4 Å². The first-order chi connectivity index (χ1) is 24.6. The van der Waals surface area contributed by atoms with Crippen LogP contribution in [0.3, 0.4) is 0 Å². The molecule has 10 heteroatoms. The van der Waals surface area contributed by atoms with E-state index in [4.69, 9.17) is 20.3 Å². The quantitative estimate of drug-likeness (QED) is 0.0218. The number of ether oxygens (including phenoxy) is 2. The summed E-state index contributed by atoms with van der Waals surface area (Å²) in [7, 11) is 0. The molecule has 0 fully saturated rings. The topological polar surface area (TPSA) is 156 Å². The van der Waals surface area contributed by atoms with Gasteiger partial charge >= 0.3 is 17.9 Å². The van der Waals surface area contributed by atoms with Gasteiger partial charge in [-0.25, -0.2) is 0 Å². The maximum Gasteiger partial charge on any atom is 0.324 e. The number of allylic oxidation sites excluding steroid dienone is 7. The van der Waals surface area contributed by atoms with E-state index in [1.54, 1.807) is 12.2 Å². The third-order valence-corrected chi connectivity index (χ3v) is 9.71. The predicted octanol–water partition coefficient (Wildman–Crippen LogP) is 8.62. The average Bonchev–Trinajstić information content (AvgIpc) is 3.09. The number of thioether (sulfide) groups is 1. The minimum Gasteiger partial charge on any atom is -0.481 e. The first kappa shape index (κ1) is 48.6. The van der Waals surface area contributed by atoms with Crippen LogP contribution < -0.4 is 5.73 Å². The summed E-state index contributed by atoms with van der Waals surface area (Å²) >= 11 is 1.26. The van der Waals surface area contributed by atoms with E-state index in [2.05, 4.69) is 39.0 Å². The second-order valence-electron chi connectivity index (χ2n) is 13.7. The Labute approximate surface area is 313 Å². The van der Waals surface area contributed by atoms with Gasteiger partial charge in [0, 0.05) is 23.8 Å². The van der Waals surface area contributed by atoms with Gasteiger partial charge in [0.1, 0.15) is 12.6 Å². The lowest BCUT2D eigenvalue weighted by Crippen LogP contribution is -2.40. The molecular formula is C41H71NO8S. The van der Waals surface area contributed by atoms with Crippen molar-refractivity contribution in [3.63, 3.8) is 0 Å². The number of carbonyl (C=O) groups excluding carboxylic acids is 2. The zero-order chi connectivity index (χ0) is 38.0. The first-order valence-corrected chi connectivity index (χ1v) is 20.5. The lowest BCUT2D eigenvalue weighted by Gasteiger charge is -2.22. The normalized spacial score (nSPS) is 14.6. The highest BCUT2D eigenvalue weighted by Gasteiger charge is 2.24. The Morgan fingerprint density at radius 3 is 2.10 bits per heavy atom. The molecule has 0 aliphatic rings. The van der Waals surface area contributed by atoms with Crippen LogP contribution in [0.25, 0.3) is 0 Å². The van der Waals surface area contributed by atoms with Gasteiger partial charge in [0.2, 0.25) is 0 Å². The number of esters is 2. The van der Waals surface area contributed by atoms with Gasteiger partial charge in [0.15, 0.2) is 6.10 Å². The van der Waals surface area contributed by atoms with Gasteiger partial charge in [0.25, 0.3) is 0 Å². The lowest BCUT2D eigenvalue weighted by molar-refractivity contribution is -0.162. The second kappa shape index (κ2) is 34.7. The van der Waals surface area contributed by atoms with Crippen molar-refractivity contribution >= 4 is 29.7 Å². The summed E-state index contributed by atoms with van der Waals surface area (Å²) in [5, 5.41) is 29.0. The molecule has 0 aromatic heterocycles. The number of carbonyl (C=O) groups is 3. The van der Waals surface area contributed by atoms with Crippen molar-refractivity contribution in [1.82, 2.24) is 0 Å². The fourth-order valence-electron chi connectivity index (χ4n) is 5.16. The van der Waals surface area contributed by atoms with Crippen LogP contribution in [0.5, 0.6) is 0 Å². The number of hydrogen-bond acceptors (Lipinski definition) is 9. The van der Waals surface area contributed by atoms with Gasteiger partial charge in [-0.2, -0.15) is 0 Å². The largest absolute Gasteiger partial charge is 0.481 e. The number of aliphatic carboxylic acids is 1. The van der Waals surface area contributed by atoms with Crippen LogP contribution in [-0.2, 0) is 23.9 Å². The predicted molar refractivity (Wildman–Crippen MR) is 211 cm³/mol. The van der Waals surface area contributed by atoms with Gasteiger partial charge in [-0.05, 0) is 44.4 Å². The van der Waals surface area contributed by atoms with Crippen LogP contribution in [0.1, 0.15) is 143 Å². The number of unbranched alkanes of at least 4 members (excludes halogenated alkanes) is 11. The van der Waals surface area contributed by atoms with E-state index in [9.17, 15) is 24.6 Å². The SMILES string of the molecule is CCCCC/C=C\C\C=C/C=C/C=C/[C@@H](SC[C@H](N)C(=O)O[C@@H](CO)COC(=O)CCCCCCCCCCCC(C)C)[C@@H](O)CCCC(=O)O. The number of hydrogen-bond donors (Lipinski definition) is 4. The Morgan fingerprint density at radius 2 is 1.45 bits per heavy atom. The monoisotopic (exact) mass is 737 g/mol. The van der Waals surface area contributed by atoms with Crippen molar-refractivity contribution in [3.8, 4) is 0 Å². The Hall–Kier alpha value is -2.40. The molecule has 4 atom stereocenters. The Balaban J connectivity index is 4.59. The highest BCUT2D eigenvalue weighted by Crippen LogP contribution is 2.22. The molecule has 0 unspecified atom stereocenters. The minimum atomic E-state index is -1.05. The summed E-state index contributed by atoms with van der Waals surface area (Å²) in [6, 6.07) is -1.05. The zero-order valence-corrected chi connectivity index (χ0v) is 32.7. The molecule has 0 saturated heterocycles. The van der Waals surface area contributed by atoms with E-state index in [0.29, 0.717) is 6.42 Å². The van der Waals surface area contributed by atoms with Crippen LogP contribution >= 0.6 is 11.8 Å². The fourth-order valence-corrected chi connectivity index (χ4v) is 6.29. The summed E-state index contributed by atoms with van der Waals surface area (Å²) < 4.78 is 10.6. The maximum absolute atomic E-state index is 12.7. The van der Waals surface area contributed by atoms with Crippen molar-refractivity contribution in [3.05, 3.63) is 48.6 Å². The van der Waals surface area contributed by atoms with Crippen LogP contribution in [0.2, 0.25) is 0 Å². The van der Waals surface area contributed by atoms with E-state index in [0.717, 1.165) is 38.0 Å². The number of aliphatic hydroxyl groups excluding tert-OH is 2. The molecule has 0 radical (unpaired) electrons. The van der Waals surface area contributed by atoms with Gasteiger partial charge in [-0.15, -0.1) is 11.8 Å². The molecule has 0 aliphatic heterocycles. The minimum absolute atomic E-state index is 0.0479. The standard InChI is InChI=1S/C41H71NO8S/c1-4-5-6-7-8-9-10-11-14-17-20-23-28-38(37(44)27-25-29-39(45)46)51-33-36(42)41(48)50-35(31-43)32-49-40(47)30-24-21-18-15-12-13-16-19-22-26-34(2)3/h8-9,11,14,17,20,23,28,34-38,43-44H,4-7,10,12-13,15-16,18-19,21-22,24-27,29-33,42H2,1-3H3,(H,45,46)/b9-8-,14-11-,20-17+,28-23+/t35-,36-,37-,38+/m0/s1. The van der Waals surface area contributed by atoms with E-state index in [1.165, 1.54) is 76.0 Å². The molecule has 0 rings (SSSR count). The van der Waals surface area contributed by atoms with Crippen molar-refractivity contribution in [2.45, 2.75) is 166 Å². The molecule has 0 aliphatic carbocycles. The average molecular weight is 738 g/mol.